The number of aliphatic hydroxyl groups is 1. The Kier molecular flexibility index (Phi) is 3.68. The van der Waals surface area contributed by atoms with Crippen molar-refractivity contribution in [3.8, 4) is 0 Å². The van der Waals surface area contributed by atoms with Gasteiger partial charge in [0.25, 0.3) is 0 Å². The standard InChI is InChI=1S/C13H18FNO3S/c1-13(2,10-4-5-10)15-19(17,18)12-7-11(14)6-3-9(12)8-16/h3,6-7,10,15-16H,4-5,8H2,1-2H3. The molecule has 0 radical (unpaired) electrons. The molecule has 1 aliphatic rings. The molecule has 1 fully saturated rings. The molecule has 1 aliphatic carbocycles. The van der Waals surface area contributed by atoms with Crippen LogP contribution in [-0.2, 0) is 16.6 Å². The average Bonchev–Trinajstić information content (AvgIpc) is 3.11. The van der Waals surface area contributed by atoms with Crippen molar-refractivity contribution in [3.63, 3.8) is 0 Å². The van der Waals surface area contributed by atoms with Crippen molar-refractivity contribution in [1.29, 1.82) is 0 Å². The van der Waals surface area contributed by atoms with Crippen LogP contribution in [0.2, 0.25) is 0 Å². The van der Waals surface area contributed by atoms with Crippen molar-refractivity contribution in [2.24, 2.45) is 5.92 Å². The lowest BCUT2D eigenvalue weighted by Crippen LogP contribution is -2.45. The van der Waals surface area contributed by atoms with Gasteiger partial charge in [0, 0.05) is 5.54 Å². The Hall–Kier alpha value is -0.980. The number of halogens is 1. The largest absolute Gasteiger partial charge is 0.392 e. The molecule has 0 bridgehead atoms. The molecule has 4 nitrogen and oxygen atoms in total. The fourth-order valence-electron chi connectivity index (χ4n) is 2.20. The minimum absolute atomic E-state index is 0.191. The molecule has 0 unspecified atom stereocenters. The third kappa shape index (κ3) is 3.13. The first-order valence-electron chi connectivity index (χ1n) is 6.19. The SMILES string of the molecule is CC(C)(NS(=O)(=O)c1cc(F)ccc1CO)C1CC1. The summed E-state index contributed by atoms with van der Waals surface area (Å²) in [5.74, 6) is -0.324. The maximum atomic E-state index is 13.2. The smallest absolute Gasteiger partial charge is 0.241 e. The summed E-state index contributed by atoms with van der Waals surface area (Å²) in [7, 11) is -3.84. The molecule has 0 aliphatic heterocycles. The van der Waals surface area contributed by atoms with Crippen LogP contribution in [0.3, 0.4) is 0 Å². The summed E-state index contributed by atoms with van der Waals surface area (Å²) in [5.41, 5.74) is -0.363. The summed E-state index contributed by atoms with van der Waals surface area (Å²) in [6.07, 6.45) is 1.98. The van der Waals surface area contributed by atoms with Gasteiger partial charge in [0.1, 0.15) is 5.82 Å². The first kappa shape index (κ1) is 14.4. The summed E-state index contributed by atoms with van der Waals surface area (Å²) >= 11 is 0. The molecule has 1 aromatic rings. The molecule has 1 saturated carbocycles. The number of nitrogens with one attached hydrogen (secondary N) is 1. The summed E-state index contributed by atoms with van der Waals surface area (Å²) in [6.45, 7) is 3.20. The Morgan fingerprint density at radius 1 is 1.42 bits per heavy atom. The lowest BCUT2D eigenvalue weighted by molar-refractivity contribution is 0.278. The van der Waals surface area contributed by atoms with E-state index < -0.39 is 28.0 Å². The number of hydrogen-bond donors (Lipinski definition) is 2. The van der Waals surface area contributed by atoms with Crippen LogP contribution >= 0.6 is 0 Å². The van der Waals surface area contributed by atoms with Crippen LogP contribution in [0.15, 0.2) is 23.1 Å². The van der Waals surface area contributed by atoms with E-state index in [0.717, 1.165) is 25.0 Å². The van der Waals surface area contributed by atoms with Gasteiger partial charge in [0.05, 0.1) is 11.5 Å². The molecule has 2 N–H and O–H groups in total. The van der Waals surface area contributed by atoms with Gasteiger partial charge in [-0.1, -0.05) is 6.07 Å². The molecule has 0 saturated heterocycles. The molecule has 106 valence electrons. The van der Waals surface area contributed by atoms with Gasteiger partial charge in [-0.05, 0) is 50.3 Å². The number of hydrogen-bond acceptors (Lipinski definition) is 3. The first-order chi connectivity index (χ1) is 8.76. The van der Waals surface area contributed by atoms with Crippen LogP contribution in [0, 0.1) is 11.7 Å². The van der Waals surface area contributed by atoms with Gasteiger partial charge in [-0.25, -0.2) is 17.5 Å². The van der Waals surface area contributed by atoms with Gasteiger partial charge in [0.15, 0.2) is 0 Å². The van der Waals surface area contributed by atoms with E-state index >= 15 is 0 Å². The van der Waals surface area contributed by atoms with E-state index in [4.69, 9.17) is 0 Å². The number of aliphatic hydroxyl groups excluding tert-OH is 1. The normalized spacial score (nSPS) is 16.6. The zero-order chi connectivity index (χ0) is 14.3. The second kappa shape index (κ2) is 4.85. The monoisotopic (exact) mass is 287 g/mol. The summed E-state index contributed by atoms with van der Waals surface area (Å²) in [4.78, 5) is -0.191. The van der Waals surface area contributed by atoms with Crippen molar-refractivity contribution >= 4 is 10.0 Å². The van der Waals surface area contributed by atoms with Crippen molar-refractivity contribution in [2.45, 2.75) is 43.7 Å². The molecule has 0 spiro atoms. The van der Waals surface area contributed by atoms with Crippen LogP contribution in [0.5, 0.6) is 0 Å². The Balaban J connectivity index is 2.36. The van der Waals surface area contributed by atoms with Crippen LogP contribution in [-0.4, -0.2) is 19.1 Å². The number of benzene rings is 1. The third-order valence-corrected chi connectivity index (χ3v) is 5.24. The topological polar surface area (TPSA) is 66.4 Å². The van der Waals surface area contributed by atoms with E-state index in [0.29, 0.717) is 5.92 Å². The Morgan fingerprint density at radius 2 is 2.05 bits per heavy atom. The van der Waals surface area contributed by atoms with Crippen LogP contribution in [0.25, 0.3) is 0 Å². The van der Waals surface area contributed by atoms with Crippen molar-refractivity contribution in [1.82, 2.24) is 4.72 Å². The highest BCUT2D eigenvalue weighted by atomic mass is 32.2. The van der Waals surface area contributed by atoms with E-state index in [1.165, 1.54) is 6.07 Å². The molecule has 0 amide bonds. The van der Waals surface area contributed by atoms with Gasteiger partial charge in [-0.15, -0.1) is 0 Å². The Bertz CT molecular complexity index is 580. The predicted octanol–water partition coefficient (Wildman–Crippen LogP) is 1.78. The highest BCUT2D eigenvalue weighted by Gasteiger charge is 2.41. The molecule has 6 heteroatoms. The van der Waals surface area contributed by atoms with Crippen LogP contribution in [0.1, 0.15) is 32.3 Å². The van der Waals surface area contributed by atoms with Gasteiger partial charge in [-0.2, -0.15) is 0 Å². The fourth-order valence-corrected chi connectivity index (χ4v) is 3.91. The number of sulfonamides is 1. The molecule has 0 atom stereocenters. The highest BCUT2D eigenvalue weighted by molar-refractivity contribution is 7.89. The zero-order valence-corrected chi connectivity index (χ0v) is 11.8. The first-order valence-corrected chi connectivity index (χ1v) is 7.68. The van der Waals surface area contributed by atoms with Gasteiger partial charge >= 0.3 is 0 Å². The van der Waals surface area contributed by atoms with E-state index in [1.54, 1.807) is 0 Å². The Labute approximate surface area is 112 Å². The zero-order valence-electron chi connectivity index (χ0n) is 11.0. The minimum Gasteiger partial charge on any atom is -0.392 e. The summed E-state index contributed by atoms with van der Waals surface area (Å²) < 4.78 is 40.5. The van der Waals surface area contributed by atoms with E-state index in [-0.39, 0.29) is 10.5 Å². The molecular weight excluding hydrogens is 269 g/mol. The van der Waals surface area contributed by atoms with E-state index in [1.807, 2.05) is 13.8 Å². The maximum Gasteiger partial charge on any atom is 0.241 e. The highest BCUT2D eigenvalue weighted by Crippen LogP contribution is 2.40. The molecular formula is C13H18FNO3S. The van der Waals surface area contributed by atoms with Crippen LogP contribution < -0.4 is 4.72 Å². The van der Waals surface area contributed by atoms with E-state index in [2.05, 4.69) is 4.72 Å². The van der Waals surface area contributed by atoms with Gasteiger partial charge < -0.3 is 5.11 Å². The molecule has 19 heavy (non-hydrogen) atoms. The fraction of sp³-hybridized carbons (Fsp3) is 0.538. The van der Waals surface area contributed by atoms with Crippen LogP contribution in [0.4, 0.5) is 4.39 Å². The van der Waals surface area contributed by atoms with Crippen molar-refractivity contribution in [3.05, 3.63) is 29.6 Å². The second-order valence-electron chi connectivity index (χ2n) is 5.51. The second-order valence-corrected chi connectivity index (χ2v) is 7.16. The summed E-state index contributed by atoms with van der Waals surface area (Å²) in [6, 6.07) is 3.36. The van der Waals surface area contributed by atoms with E-state index in [9.17, 15) is 17.9 Å². The number of rotatable bonds is 5. The molecule has 1 aromatic carbocycles. The lowest BCUT2D eigenvalue weighted by atomic mass is 10.0. The predicted molar refractivity (Wildman–Crippen MR) is 69.4 cm³/mol. The van der Waals surface area contributed by atoms with Crippen molar-refractivity contribution < 1.29 is 17.9 Å². The lowest BCUT2D eigenvalue weighted by Gasteiger charge is -2.26. The molecule has 0 heterocycles. The maximum absolute atomic E-state index is 13.2. The summed E-state index contributed by atoms with van der Waals surface area (Å²) in [5, 5.41) is 9.18. The van der Waals surface area contributed by atoms with Crippen molar-refractivity contribution in [2.75, 3.05) is 0 Å². The van der Waals surface area contributed by atoms with Gasteiger partial charge in [-0.3, -0.25) is 0 Å². The minimum atomic E-state index is -3.84. The Morgan fingerprint density at radius 3 is 2.58 bits per heavy atom. The third-order valence-electron chi connectivity index (χ3n) is 3.48. The molecule has 2 rings (SSSR count). The average molecular weight is 287 g/mol. The van der Waals surface area contributed by atoms with Gasteiger partial charge in [0.2, 0.25) is 10.0 Å². The molecule has 0 aromatic heterocycles. The quantitative estimate of drug-likeness (QED) is 0.867.